The molecule has 0 aliphatic carbocycles. The molecule has 1 amide bonds. The molecule has 0 saturated heterocycles. The van der Waals surface area contributed by atoms with Crippen molar-refractivity contribution in [3.05, 3.63) is 29.8 Å². The zero-order valence-corrected chi connectivity index (χ0v) is 9.51. The molecule has 90 valence electrons. The summed E-state index contributed by atoms with van der Waals surface area (Å²) in [5, 5.41) is 11.7. The average molecular weight is 234 g/mol. The van der Waals surface area contributed by atoms with Gasteiger partial charge in [0.2, 0.25) is 5.91 Å². The summed E-state index contributed by atoms with van der Waals surface area (Å²) in [7, 11) is 1.50. The van der Waals surface area contributed by atoms with Gasteiger partial charge in [-0.25, -0.2) is 0 Å². The molecule has 1 aliphatic rings. The first kappa shape index (κ1) is 11.4. The van der Waals surface area contributed by atoms with Gasteiger partial charge in [-0.15, -0.1) is 0 Å². The minimum Gasteiger partial charge on any atom is -0.480 e. The average Bonchev–Trinajstić information content (AvgIpc) is 2.70. The second kappa shape index (κ2) is 4.45. The Morgan fingerprint density at radius 2 is 2.18 bits per heavy atom. The second-order valence-corrected chi connectivity index (χ2v) is 4.15. The SMILES string of the molecule is CN(CC(=O)O)C(=O)[C@@H]1Cc2ccccc2N1. The summed E-state index contributed by atoms with van der Waals surface area (Å²) in [6.07, 6.45) is 0.610. The molecule has 5 nitrogen and oxygen atoms in total. The van der Waals surface area contributed by atoms with Crippen molar-refractivity contribution in [3.63, 3.8) is 0 Å². The number of anilines is 1. The first-order chi connectivity index (χ1) is 8.08. The zero-order valence-electron chi connectivity index (χ0n) is 9.51. The molecule has 0 fully saturated rings. The monoisotopic (exact) mass is 234 g/mol. The molecule has 1 aromatic carbocycles. The molecule has 2 rings (SSSR count). The van der Waals surface area contributed by atoms with Crippen LogP contribution < -0.4 is 5.32 Å². The molecule has 17 heavy (non-hydrogen) atoms. The molecular weight excluding hydrogens is 220 g/mol. The summed E-state index contributed by atoms with van der Waals surface area (Å²) < 4.78 is 0. The summed E-state index contributed by atoms with van der Waals surface area (Å²) in [6.45, 7) is -0.270. The van der Waals surface area contributed by atoms with Gasteiger partial charge in [0.15, 0.2) is 0 Å². The highest BCUT2D eigenvalue weighted by Crippen LogP contribution is 2.25. The fourth-order valence-corrected chi connectivity index (χ4v) is 1.99. The van der Waals surface area contributed by atoms with Crippen LogP contribution >= 0.6 is 0 Å². The van der Waals surface area contributed by atoms with Gasteiger partial charge < -0.3 is 15.3 Å². The second-order valence-electron chi connectivity index (χ2n) is 4.15. The lowest BCUT2D eigenvalue weighted by Crippen LogP contribution is -2.42. The van der Waals surface area contributed by atoms with Gasteiger partial charge in [-0.1, -0.05) is 18.2 Å². The normalized spacial score (nSPS) is 17.1. The van der Waals surface area contributed by atoms with Crippen molar-refractivity contribution in [1.82, 2.24) is 4.90 Å². The number of hydrogen-bond donors (Lipinski definition) is 2. The summed E-state index contributed by atoms with van der Waals surface area (Å²) >= 11 is 0. The lowest BCUT2D eigenvalue weighted by atomic mass is 10.1. The maximum Gasteiger partial charge on any atom is 0.323 e. The molecule has 5 heteroatoms. The number of rotatable bonds is 3. The number of carboxylic acid groups (broad SMARTS) is 1. The van der Waals surface area contributed by atoms with Gasteiger partial charge in [-0.3, -0.25) is 9.59 Å². The molecular formula is C12H14N2O3. The lowest BCUT2D eigenvalue weighted by Gasteiger charge is -2.19. The molecule has 0 aromatic heterocycles. The number of carbonyl (C=O) groups excluding carboxylic acids is 1. The molecule has 0 spiro atoms. The first-order valence-electron chi connectivity index (χ1n) is 5.39. The highest BCUT2D eigenvalue weighted by molar-refractivity contribution is 5.89. The molecule has 0 saturated carbocycles. The minimum atomic E-state index is -1.00. The van der Waals surface area contributed by atoms with E-state index in [4.69, 9.17) is 5.11 Å². The maximum atomic E-state index is 11.9. The Kier molecular flexibility index (Phi) is 2.99. The van der Waals surface area contributed by atoms with Crippen LogP contribution in [0.4, 0.5) is 5.69 Å². The van der Waals surface area contributed by atoms with E-state index in [1.165, 1.54) is 11.9 Å². The highest BCUT2D eigenvalue weighted by Gasteiger charge is 2.29. The van der Waals surface area contributed by atoms with Gasteiger partial charge >= 0.3 is 5.97 Å². The third-order valence-corrected chi connectivity index (χ3v) is 2.82. The van der Waals surface area contributed by atoms with E-state index < -0.39 is 5.97 Å². The Bertz CT molecular complexity index is 434. The van der Waals surface area contributed by atoms with E-state index in [-0.39, 0.29) is 18.5 Å². The van der Waals surface area contributed by atoms with E-state index in [1.807, 2.05) is 24.3 Å². The van der Waals surface area contributed by atoms with Crippen LogP contribution in [0.15, 0.2) is 24.3 Å². The van der Waals surface area contributed by atoms with Crippen LogP contribution in [0.3, 0.4) is 0 Å². The summed E-state index contributed by atoms with van der Waals surface area (Å²) in [6, 6.07) is 7.36. The van der Waals surface area contributed by atoms with Crippen LogP contribution in [-0.2, 0) is 16.0 Å². The maximum absolute atomic E-state index is 11.9. The van der Waals surface area contributed by atoms with E-state index in [2.05, 4.69) is 5.32 Å². The van der Waals surface area contributed by atoms with Crippen molar-refractivity contribution in [1.29, 1.82) is 0 Å². The largest absolute Gasteiger partial charge is 0.480 e. The number of nitrogens with zero attached hydrogens (tertiary/aromatic N) is 1. The number of likely N-dealkylation sites (N-methyl/N-ethyl adjacent to an activating group) is 1. The van der Waals surface area contributed by atoms with Crippen molar-refractivity contribution >= 4 is 17.6 Å². The van der Waals surface area contributed by atoms with Crippen LogP contribution in [0, 0.1) is 0 Å². The Morgan fingerprint density at radius 1 is 1.47 bits per heavy atom. The van der Waals surface area contributed by atoms with E-state index in [9.17, 15) is 9.59 Å². The van der Waals surface area contributed by atoms with E-state index >= 15 is 0 Å². The Labute approximate surface area is 99.0 Å². The van der Waals surface area contributed by atoms with E-state index in [0.717, 1.165) is 11.3 Å². The van der Waals surface area contributed by atoms with Gasteiger partial charge in [0.05, 0.1) is 0 Å². The minimum absolute atomic E-state index is 0.191. The van der Waals surface area contributed by atoms with Crippen LogP contribution in [0.25, 0.3) is 0 Å². The molecule has 1 aromatic rings. The predicted molar refractivity (Wildman–Crippen MR) is 62.8 cm³/mol. The van der Waals surface area contributed by atoms with Crippen molar-refractivity contribution in [2.24, 2.45) is 0 Å². The Hall–Kier alpha value is -2.04. The molecule has 1 heterocycles. The van der Waals surface area contributed by atoms with Gasteiger partial charge in [0.1, 0.15) is 12.6 Å². The lowest BCUT2D eigenvalue weighted by molar-refractivity contribution is -0.143. The number of fused-ring (bicyclic) bond motifs is 1. The van der Waals surface area contributed by atoms with E-state index in [1.54, 1.807) is 0 Å². The smallest absolute Gasteiger partial charge is 0.323 e. The standard InChI is InChI=1S/C12H14N2O3/c1-14(7-11(15)16)12(17)10-6-8-4-2-3-5-9(8)13-10/h2-5,10,13H,6-7H2,1H3,(H,15,16)/t10-/m0/s1. The predicted octanol–water partition coefficient (Wildman–Crippen LogP) is 0.566. The van der Waals surface area contributed by atoms with Crippen LogP contribution in [-0.4, -0.2) is 41.5 Å². The van der Waals surface area contributed by atoms with Crippen LogP contribution in [0.2, 0.25) is 0 Å². The first-order valence-corrected chi connectivity index (χ1v) is 5.39. The molecule has 1 atom stereocenters. The quantitative estimate of drug-likeness (QED) is 0.802. The number of amides is 1. The number of hydrogen-bond acceptors (Lipinski definition) is 3. The number of nitrogens with one attached hydrogen (secondary N) is 1. The fraction of sp³-hybridized carbons (Fsp3) is 0.333. The molecule has 1 aliphatic heterocycles. The topological polar surface area (TPSA) is 69.6 Å². The van der Waals surface area contributed by atoms with Gasteiger partial charge in [0.25, 0.3) is 0 Å². The number of aliphatic carboxylic acids is 1. The Morgan fingerprint density at radius 3 is 2.82 bits per heavy atom. The highest BCUT2D eigenvalue weighted by atomic mass is 16.4. The van der Waals surface area contributed by atoms with Crippen molar-refractivity contribution in [3.8, 4) is 0 Å². The number of carboxylic acids is 1. The van der Waals surface area contributed by atoms with Gasteiger partial charge in [-0.05, 0) is 11.6 Å². The Balaban J connectivity index is 2.03. The molecule has 0 unspecified atom stereocenters. The number of benzene rings is 1. The molecule has 2 N–H and O–H groups in total. The third kappa shape index (κ3) is 2.38. The van der Waals surface area contributed by atoms with Gasteiger partial charge in [0, 0.05) is 19.2 Å². The van der Waals surface area contributed by atoms with Gasteiger partial charge in [-0.2, -0.15) is 0 Å². The summed E-state index contributed by atoms with van der Waals surface area (Å²) in [4.78, 5) is 23.7. The van der Waals surface area contributed by atoms with Crippen LogP contribution in [0.1, 0.15) is 5.56 Å². The van der Waals surface area contributed by atoms with Crippen molar-refractivity contribution in [2.45, 2.75) is 12.5 Å². The number of para-hydroxylation sites is 1. The number of carbonyl (C=O) groups is 2. The fourth-order valence-electron chi connectivity index (χ4n) is 1.99. The molecule has 0 bridgehead atoms. The zero-order chi connectivity index (χ0) is 12.4. The van der Waals surface area contributed by atoms with Crippen molar-refractivity contribution in [2.75, 3.05) is 18.9 Å². The van der Waals surface area contributed by atoms with Crippen molar-refractivity contribution < 1.29 is 14.7 Å². The van der Waals surface area contributed by atoms with E-state index in [0.29, 0.717) is 6.42 Å². The third-order valence-electron chi connectivity index (χ3n) is 2.82. The summed E-state index contributed by atoms with van der Waals surface area (Å²) in [5.74, 6) is -1.19. The van der Waals surface area contributed by atoms with Crippen LogP contribution in [0.5, 0.6) is 0 Å². The summed E-state index contributed by atoms with van der Waals surface area (Å²) in [5.41, 5.74) is 2.05. The molecule has 0 radical (unpaired) electrons.